The van der Waals surface area contributed by atoms with Crippen LogP contribution in [0.3, 0.4) is 0 Å². The summed E-state index contributed by atoms with van der Waals surface area (Å²) in [5.41, 5.74) is -1.31. The third-order valence-electron chi connectivity index (χ3n) is 3.57. The third kappa shape index (κ3) is 2.85. The highest BCUT2D eigenvalue weighted by Crippen LogP contribution is 2.52. The van der Waals surface area contributed by atoms with Crippen molar-refractivity contribution < 1.29 is 26.1 Å². The van der Waals surface area contributed by atoms with Crippen LogP contribution >= 0.6 is 0 Å². The molecule has 0 bridgehead atoms. The number of halogens is 6. The van der Waals surface area contributed by atoms with E-state index in [9.17, 15) is 22.0 Å². The van der Waals surface area contributed by atoms with Crippen LogP contribution in [-0.2, 0) is 0 Å². The van der Waals surface area contributed by atoms with Gasteiger partial charge in [0.1, 0.15) is 5.69 Å². The summed E-state index contributed by atoms with van der Waals surface area (Å²) in [5.74, 6) is -10.6. The zero-order valence-electron chi connectivity index (χ0n) is 13.3. The second-order valence-corrected chi connectivity index (χ2v) is 11.8. The molecule has 8 heteroatoms. The molecule has 1 rings (SSSR count). The first kappa shape index (κ1) is 18.9. The van der Waals surface area contributed by atoms with Crippen molar-refractivity contribution >= 4 is 14.3 Å². The van der Waals surface area contributed by atoms with Gasteiger partial charge in [-0.3, -0.25) is 4.11 Å². The standard InChI is InChI=1S/C14H19F6NSi/c1-13(2,3)22(20,14(4,5)6)21-12-10(18)8(16)7(15)9(17)11(12)19/h21H,1-6H3. The summed E-state index contributed by atoms with van der Waals surface area (Å²) in [6.07, 6.45) is 0. The fourth-order valence-electron chi connectivity index (χ4n) is 2.39. The summed E-state index contributed by atoms with van der Waals surface area (Å²) in [6, 6.07) is 0. The highest BCUT2D eigenvalue weighted by molar-refractivity contribution is 6.81. The summed E-state index contributed by atoms with van der Waals surface area (Å²) in [6.45, 7) is 9.10. The number of hydrogen-bond donors (Lipinski definition) is 1. The Hall–Kier alpha value is -1.18. The zero-order chi connectivity index (χ0) is 17.7. The summed E-state index contributed by atoms with van der Waals surface area (Å²) in [7, 11) is -4.21. The SMILES string of the molecule is CC(C)(C)[Si](F)(Nc1c(F)c(F)c(F)c(F)c1F)C(C)(C)C. The first-order valence-electron chi connectivity index (χ1n) is 6.63. The Labute approximate surface area is 127 Å². The van der Waals surface area contributed by atoms with E-state index in [1.807, 2.05) is 0 Å². The molecule has 0 radical (unpaired) electrons. The van der Waals surface area contributed by atoms with Crippen LogP contribution in [0, 0.1) is 29.1 Å². The van der Waals surface area contributed by atoms with Gasteiger partial charge in [-0.15, -0.1) is 0 Å². The van der Waals surface area contributed by atoms with Crippen LogP contribution in [0.25, 0.3) is 0 Å². The van der Waals surface area contributed by atoms with Crippen molar-refractivity contribution in [1.29, 1.82) is 0 Å². The molecule has 0 atom stereocenters. The highest BCUT2D eigenvalue weighted by atomic mass is 28.4. The molecule has 1 N–H and O–H groups in total. The van der Waals surface area contributed by atoms with Gasteiger partial charge in [0.25, 0.3) is 0 Å². The van der Waals surface area contributed by atoms with Crippen LogP contribution in [-0.4, -0.2) is 8.57 Å². The summed E-state index contributed by atoms with van der Waals surface area (Å²) in [5, 5.41) is -2.10. The lowest BCUT2D eigenvalue weighted by Crippen LogP contribution is -2.55. The van der Waals surface area contributed by atoms with Crippen molar-refractivity contribution in [3.05, 3.63) is 29.1 Å². The molecule has 0 heterocycles. The van der Waals surface area contributed by atoms with Gasteiger partial charge in [0.15, 0.2) is 23.3 Å². The lowest BCUT2D eigenvalue weighted by atomic mass is 10.2. The van der Waals surface area contributed by atoms with Crippen LogP contribution in [0.1, 0.15) is 41.5 Å². The molecule has 0 aliphatic rings. The zero-order valence-corrected chi connectivity index (χ0v) is 14.3. The monoisotopic (exact) mass is 343 g/mol. The largest absolute Gasteiger partial charge is 0.380 e. The van der Waals surface area contributed by atoms with Gasteiger partial charge < -0.3 is 4.98 Å². The van der Waals surface area contributed by atoms with E-state index in [2.05, 4.69) is 4.98 Å². The lowest BCUT2D eigenvalue weighted by molar-refractivity contribution is 0.381. The van der Waals surface area contributed by atoms with Crippen LogP contribution in [0.15, 0.2) is 0 Å². The number of hydrogen-bond acceptors (Lipinski definition) is 1. The van der Waals surface area contributed by atoms with E-state index >= 15 is 4.11 Å². The normalized spacial score (nSPS) is 13.5. The molecule has 1 aromatic rings. The van der Waals surface area contributed by atoms with Gasteiger partial charge in [0, 0.05) is 10.1 Å². The second-order valence-electron chi connectivity index (χ2n) is 7.23. The Kier molecular flexibility index (Phi) is 4.69. The fourth-order valence-corrected chi connectivity index (χ4v) is 5.95. The quantitative estimate of drug-likeness (QED) is 0.235. The molecule has 0 aliphatic heterocycles. The molecule has 0 amide bonds. The molecule has 0 fully saturated rings. The first-order valence-corrected chi connectivity index (χ1v) is 8.51. The van der Waals surface area contributed by atoms with E-state index in [-0.39, 0.29) is 0 Å². The van der Waals surface area contributed by atoms with Crippen molar-refractivity contribution in [2.45, 2.75) is 51.6 Å². The third-order valence-corrected chi connectivity index (χ3v) is 8.30. The van der Waals surface area contributed by atoms with Gasteiger partial charge in [0.05, 0.1) is 0 Å². The molecule has 126 valence electrons. The summed E-state index contributed by atoms with van der Waals surface area (Å²) in [4.78, 5) is 2.06. The van der Waals surface area contributed by atoms with Gasteiger partial charge in [-0.2, -0.15) is 0 Å². The van der Waals surface area contributed by atoms with E-state index in [4.69, 9.17) is 0 Å². The average molecular weight is 343 g/mol. The van der Waals surface area contributed by atoms with Gasteiger partial charge in [0.2, 0.25) is 5.82 Å². The maximum absolute atomic E-state index is 15.6. The van der Waals surface area contributed by atoms with Gasteiger partial charge in [-0.05, 0) is 0 Å². The van der Waals surface area contributed by atoms with Crippen molar-refractivity contribution in [3.8, 4) is 0 Å². The first-order chi connectivity index (χ1) is 9.65. The van der Waals surface area contributed by atoms with E-state index in [0.29, 0.717) is 0 Å². The molecular weight excluding hydrogens is 324 g/mol. The molecule has 0 saturated carbocycles. The summed E-state index contributed by atoms with van der Waals surface area (Å²) < 4.78 is 82.7. The molecule has 1 aromatic carbocycles. The minimum atomic E-state index is -4.21. The molecule has 0 aromatic heterocycles. The average Bonchev–Trinajstić information content (AvgIpc) is 2.36. The van der Waals surface area contributed by atoms with Gasteiger partial charge in [-0.25, -0.2) is 22.0 Å². The highest BCUT2D eigenvalue weighted by Gasteiger charge is 2.57. The van der Waals surface area contributed by atoms with Crippen LogP contribution < -0.4 is 4.98 Å². The molecule has 0 aliphatic carbocycles. The Bertz CT molecular complexity index is 545. The van der Waals surface area contributed by atoms with E-state index in [0.717, 1.165) is 0 Å². The van der Waals surface area contributed by atoms with Gasteiger partial charge in [-0.1, -0.05) is 41.5 Å². The fraction of sp³-hybridized carbons (Fsp3) is 0.571. The van der Waals surface area contributed by atoms with E-state index in [1.54, 1.807) is 0 Å². The molecule has 0 unspecified atom stereocenters. The number of benzene rings is 1. The van der Waals surface area contributed by atoms with Crippen LogP contribution in [0.5, 0.6) is 0 Å². The topological polar surface area (TPSA) is 12.0 Å². The van der Waals surface area contributed by atoms with Crippen molar-refractivity contribution in [2.24, 2.45) is 0 Å². The summed E-state index contributed by atoms with van der Waals surface area (Å²) >= 11 is 0. The molecule has 0 saturated heterocycles. The number of nitrogens with one attached hydrogen (secondary N) is 1. The molecular formula is C14H19F6NSi. The maximum atomic E-state index is 15.6. The Morgan fingerprint density at radius 3 is 1.18 bits per heavy atom. The van der Waals surface area contributed by atoms with Crippen LogP contribution in [0.2, 0.25) is 10.1 Å². The van der Waals surface area contributed by atoms with Crippen molar-refractivity contribution in [2.75, 3.05) is 4.98 Å². The molecule has 0 spiro atoms. The second kappa shape index (κ2) is 5.47. The van der Waals surface area contributed by atoms with E-state index < -0.39 is 53.4 Å². The maximum Gasteiger partial charge on any atom is 0.357 e. The number of anilines is 1. The minimum Gasteiger partial charge on any atom is -0.380 e. The van der Waals surface area contributed by atoms with Gasteiger partial charge >= 0.3 is 8.57 Å². The Balaban J connectivity index is 3.58. The smallest absolute Gasteiger partial charge is 0.357 e. The minimum absolute atomic E-state index is 1.05. The van der Waals surface area contributed by atoms with E-state index in [1.165, 1.54) is 41.5 Å². The predicted molar refractivity (Wildman–Crippen MR) is 76.1 cm³/mol. The van der Waals surface area contributed by atoms with Crippen molar-refractivity contribution in [1.82, 2.24) is 0 Å². The van der Waals surface area contributed by atoms with Crippen molar-refractivity contribution in [3.63, 3.8) is 0 Å². The molecule has 1 nitrogen and oxygen atoms in total. The Morgan fingerprint density at radius 1 is 0.636 bits per heavy atom. The number of rotatable bonds is 2. The van der Waals surface area contributed by atoms with Crippen LogP contribution in [0.4, 0.5) is 31.7 Å². The Morgan fingerprint density at radius 2 is 0.909 bits per heavy atom. The predicted octanol–water partition coefficient (Wildman–Crippen LogP) is 5.81. The molecule has 22 heavy (non-hydrogen) atoms. The lowest BCUT2D eigenvalue weighted by Gasteiger charge is -2.44.